The quantitative estimate of drug-likeness (QED) is 0.723. The first-order chi connectivity index (χ1) is 7.63. The molecule has 0 radical (unpaired) electrons. The molecule has 2 unspecified atom stereocenters. The van der Waals surface area contributed by atoms with E-state index in [1.165, 1.54) is 7.11 Å². The molecule has 1 saturated heterocycles. The summed E-state index contributed by atoms with van der Waals surface area (Å²) < 4.78 is 10.3. The van der Waals surface area contributed by atoms with E-state index in [0.717, 1.165) is 19.4 Å². The average Bonchev–Trinajstić information content (AvgIpc) is 2.29. The van der Waals surface area contributed by atoms with Crippen molar-refractivity contribution in [2.24, 2.45) is 5.92 Å². The fourth-order valence-corrected chi connectivity index (χ4v) is 1.96. The Balaban J connectivity index is 2.19. The second-order valence-electron chi connectivity index (χ2n) is 4.65. The topological polar surface area (TPSA) is 47.6 Å². The van der Waals surface area contributed by atoms with E-state index >= 15 is 0 Å². The van der Waals surface area contributed by atoms with Crippen LogP contribution in [0.15, 0.2) is 0 Å². The van der Waals surface area contributed by atoms with Crippen molar-refractivity contribution in [1.82, 2.24) is 5.32 Å². The SMILES string of the molecule is COC(=O)CCNC1CCOC(C(C)C)C1. The number of esters is 1. The molecule has 1 aliphatic heterocycles. The lowest BCUT2D eigenvalue weighted by Gasteiger charge is -2.32. The van der Waals surface area contributed by atoms with E-state index in [1.807, 2.05) is 0 Å². The summed E-state index contributed by atoms with van der Waals surface area (Å²) in [5, 5.41) is 3.39. The lowest BCUT2D eigenvalue weighted by molar-refractivity contribution is -0.140. The molecule has 2 atom stereocenters. The van der Waals surface area contributed by atoms with Gasteiger partial charge in [-0.25, -0.2) is 0 Å². The van der Waals surface area contributed by atoms with Gasteiger partial charge in [0.05, 0.1) is 19.6 Å². The Labute approximate surface area is 97.7 Å². The predicted molar refractivity (Wildman–Crippen MR) is 62.2 cm³/mol. The van der Waals surface area contributed by atoms with Gasteiger partial charge in [0, 0.05) is 19.2 Å². The second kappa shape index (κ2) is 6.86. The molecule has 0 saturated carbocycles. The third-order valence-corrected chi connectivity index (χ3v) is 3.05. The number of methoxy groups -OCH3 is 1. The molecule has 94 valence electrons. The van der Waals surface area contributed by atoms with Crippen molar-refractivity contribution < 1.29 is 14.3 Å². The molecule has 0 amide bonds. The van der Waals surface area contributed by atoms with Gasteiger partial charge in [-0.3, -0.25) is 4.79 Å². The van der Waals surface area contributed by atoms with Gasteiger partial charge in [-0.1, -0.05) is 13.8 Å². The Morgan fingerprint density at radius 3 is 2.94 bits per heavy atom. The first-order valence-electron chi connectivity index (χ1n) is 6.05. The largest absolute Gasteiger partial charge is 0.469 e. The number of hydrogen-bond donors (Lipinski definition) is 1. The van der Waals surface area contributed by atoms with Gasteiger partial charge in [-0.15, -0.1) is 0 Å². The normalized spacial score (nSPS) is 25.8. The van der Waals surface area contributed by atoms with Crippen molar-refractivity contribution >= 4 is 5.97 Å². The molecular formula is C12H23NO3. The Kier molecular flexibility index (Phi) is 5.77. The number of ether oxygens (including phenoxy) is 2. The maximum absolute atomic E-state index is 10.9. The first-order valence-corrected chi connectivity index (χ1v) is 6.05. The van der Waals surface area contributed by atoms with Crippen LogP contribution < -0.4 is 5.32 Å². The van der Waals surface area contributed by atoms with Crippen LogP contribution in [-0.2, 0) is 14.3 Å². The zero-order valence-electron chi connectivity index (χ0n) is 10.5. The van der Waals surface area contributed by atoms with E-state index in [2.05, 4.69) is 23.9 Å². The fraction of sp³-hybridized carbons (Fsp3) is 0.917. The van der Waals surface area contributed by atoms with Crippen LogP contribution in [0.25, 0.3) is 0 Å². The molecule has 1 aliphatic rings. The summed E-state index contributed by atoms with van der Waals surface area (Å²) in [6.45, 7) is 5.88. The van der Waals surface area contributed by atoms with Crippen LogP contribution in [0.1, 0.15) is 33.1 Å². The van der Waals surface area contributed by atoms with Gasteiger partial charge in [0.1, 0.15) is 0 Å². The monoisotopic (exact) mass is 229 g/mol. The van der Waals surface area contributed by atoms with Crippen LogP contribution in [0.5, 0.6) is 0 Å². The Morgan fingerprint density at radius 1 is 1.56 bits per heavy atom. The highest BCUT2D eigenvalue weighted by Gasteiger charge is 2.24. The minimum atomic E-state index is -0.153. The summed E-state index contributed by atoms with van der Waals surface area (Å²) in [5.74, 6) is 0.408. The Bertz CT molecular complexity index is 218. The molecular weight excluding hydrogens is 206 g/mol. The van der Waals surface area contributed by atoms with E-state index < -0.39 is 0 Å². The van der Waals surface area contributed by atoms with Gasteiger partial charge in [0.25, 0.3) is 0 Å². The van der Waals surface area contributed by atoms with E-state index in [1.54, 1.807) is 0 Å². The van der Waals surface area contributed by atoms with Gasteiger partial charge >= 0.3 is 5.97 Å². The first kappa shape index (κ1) is 13.5. The minimum Gasteiger partial charge on any atom is -0.469 e. The molecule has 0 aromatic heterocycles. The van der Waals surface area contributed by atoms with Crippen molar-refractivity contribution in [3.8, 4) is 0 Å². The molecule has 0 aliphatic carbocycles. The highest BCUT2D eigenvalue weighted by Crippen LogP contribution is 2.19. The molecule has 4 nitrogen and oxygen atoms in total. The van der Waals surface area contributed by atoms with Gasteiger partial charge < -0.3 is 14.8 Å². The fourth-order valence-electron chi connectivity index (χ4n) is 1.96. The van der Waals surface area contributed by atoms with E-state index in [4.69, 9.17) is 4.74 Å². The third kappa shape index (κ3) is 4.49. The standard InChI is InChI=1S/C12H23NO3/c1-9(2)11-8-10(5-7-16-11)13-6-4-12(14)15-3/h9-11,13H,4-8H2,1-3H3. The van der Waals surface area contributed by atoms with Crippen molar-refractivity contribution in [3.05, 3.63) is 0 Å². The minimum absolute atomic E-state index is 0.153. The maximum atomic E-state index is 10.9. The summed E-state index contributed by atoms with van der Waals surface area (Å²) in [4.78, 5) is 10.9. The average molecular weight is 229 g/mol. The molecule has 16 heavy (non-hydrogen) atoms. The van der Waals surface area contributed by atoms with Crippen LogP contribution in [-0.4, -0.2) is 38.4 Å². The molecule has 4 heteroatoms. The third-order valence-electron chi connectivity index (χ3n) is 3.05. The smallest absolute Gasteiger partial charge is 0.306 e. The van der Waals surface area contributed by atoms with Gasteiger partial charge in [0.2, 0.25) is 0 Å². The number of hydrogen-bond acceptors (Lipinski definition) is 4. The lowest BCUT2D eigenvalue weighted by Crippen LogP contribution is -2.41. The lowest BCUT2D eigenvalue weighted by atomic mass is 9.95. The summed E-state index contributed by atoms with van der Waals surface area (Å²) in [7, 11) is 1.42. The number of carbonyl (C=O) groups is 1. The van der Waals surface area contributed by atoms with Crippen molar-refractivity contribution in [2.45, 2.75) is 45.3 Å². The maximum Gasteiger partial charge on any atom is 0.306 e. The van der Waals surface area contributed by atoms with Crippen LogP contribution in [0.2, 0.25) is 0 Å². The number of rotatable bonds is 5. The Hall–Kier alpha value is -0.610. The molecule has 1 fully saturated rings. The molecule has 1 N–H and O–H groups in total. The Morgan fingerprint density at radius 2 is 2.31 bits per heavy atom. The van der Waals surface area contributed by atoms with Crippen LogP contribution in [0, 0.1) is 5.92 Å². The highest BCUT2D eigenvalue weighted by atomic mass is 16.5. The zero-order chi connectivity index (χ0) is 12.0. The molecule has 0 aromatic rings. The summed E-state index contributed by atoms with van der Waals surface area (Å²) in [5.41, 5.74) is 0. The van der Waals surface area contributed by atoms with Crippen LogP contribution in [0.4, 0.5) is 0 Å². The van der Waals surface area contributed by atoms with Crippen LogP contribution in [0.3, 0.4) is 0 Å². The number of carbonyl (C=O) groups excluding carboxylic acids is 1. The molecule has 0 bridgehead atoms. The van der Waals surface area contributed by atoms with E-state index in [-0.39, 0.29) is 5.97 Å². The summed E-state index contributed by atoms with van der Waals surface area (Å²) in [6, 6.07) is 0.478. The molecule has 0 spiro atoms. The van der Waals surface area contributed by atoms with Crippen LogP contribution >= 0.6 is 0 Å². The van der Waals surface area contributed by atoms with Gasteiger partial charge in [-0.2, -0.15) is 0 Å². The van der Waals surface area contributed by atoms with Gasteiger partial charge in [0.15, 0.2) is 0 Å². The summed E-state index contributed by atoms with van der Waals surface area (Å²) >= 11 is 0. The molecule has 0 aromatic carbocycles. The second-order valence-corrected chi connectivity index (χ2v) is 4.65. The zero-order valence-corrected chi connectivity index (χ0v) is 10.5. The van der Waals surface area contributed by atoms with Crippen molar-refractivity contribution in [3.63, 3.8) is 0 Å². The number of nitrogens with one attached hydrogen (secondary N) is 1. The van der Waals surface area contributed by atoms with E-state index in [0.29, 0.717) is 31.0 Å². The molecule has 1 rings (SSSR count). The predicted octanol–water partition coefficient (Wildman–Crippen LogP) is 1.34. The van der Waals surface area contributed by atoms with Crippen molar-refractivity contribution in [2.75, 3.05) is 20.3 Å². The van der Waals surface area contributed by atoms with E-state index in [9.17, 15) is 4.79 Å². The molecule has 1 heterocycles. The van der Waals surface area contributed by atoms with Gasteiger partial charge in [-0.05, 0) is 18.8 Å². The highest BCUT2D eigenvalue weighted by molar-refractivity contribution is 5.69. The van der Waals surface area contributed by atoms with Crippen molar-refractivity contribution in [1.29, 1.82) is 0 Å². The summed E-state index contributed by atoms with van der Waals surface area (Å²) in [6.07, 6.45) is 2.87.